The summed E-state index contributed by atoms with van der Waals surface area (Å²) in [4.78, 5) is 0. The summed E-state index contributed by atoms with van der Waals surface area (Å²) in [7, 11) is 0. The van der Waals surface area contributed by atoms with E-state index in [0.29, 0.717) is 0 Å². The molecule has 1 aliphatic carbocycles. The van der Waals surface area contributed by atoms with Crippen molar-refractivity contribution in [2.75, 3.05) is 5.32 Å². The predicted octanol–water partition coefficient (Wildman–Crippen LogP) is 6.23. The van der Waals surface area contributed by atoms with E-state index in [1.807, 2.05) is 19.9 Å². The number of benzene rings is 3. The zero-order chi connectivity index (χ0) is 16.8. The molecule has 4 rings (SSSR count). The lowest BCUT2D eigenvalue weighted by atomic mass is 9.99. The molecule has 0 heterocycles. The summed E-state index contributed by atoms with van der Waals surface area (Å²) in [5.74, 6) is 0. The van der Waals surface area contributed by atoms with Gasteiger partial charge < -0.3 is 5.32 Å². The Morgan fingerprint density at radius 1 is 0.667 bits per heavy atom. The Balaban J connectivity index is 0.000000815. The third-order valence-corrected chi connectivity index (χ3v) is 4.10. The van der Waals surface area contributed by atoms with Crippen molar-refractivity contribution in [3.63, 3.8) is 0 Å². The molecule has 3 aromatic rings. The Hall–Kier alpha value is -2.80. The van der Waals surface area contributed by atoms with Gasteiger partial charge >= 0.3 is 0 Å². The smallest absolute Gasteiger partial charge is 0.0466 e. The van der Waals surface area contributed by atoms with Crippen LogP contribution in [-0.4, -0.2) is 0 Å². The lowest BCUT2D eigenvalue weighted by Gasteiger charge is -2.13. The average molecular weight is 313 g/mol. The highest BCUT2D eigenvalue weighted by Gasteiger charge is 2.14. The Kier molecular flexibility index (Phi) is 5.12. The van der Waals surface area contributed by atoms with Crippen LogP contribution in [0.25, 0.3) is 11.8 Å². The fraction of sp³-hybridized carbons (Fsp3) is 0.130. The SMILES string of the molecule is C1=C(Nc2ccccc2)c2ccccc2Cc2ccccc21.CC. The zero-order valence-electron chi connectivity index (χ0n) is 14.3. The average Bonchev–Trinajstić information content (AvgIpc) is 2.81. The molecule has 1 nitrogen and oxygen atoms in total. The van der Waals surface area contributed by atoms with Crippen LogP contribution in [0.4, 0.5) is 5.69 Å². The monoisotopic (exact) mass is 313 g/mol. The lowest BCUT2D eigenvalue weighted by molar-refractivity contribution is 1.18. The van der Waals surface area contributed by atoms with Gasteiger partial charge in [-0.15, -0.1) is 0 Å². The maximum atomic E-state index is 3.58. The fourth-order valence-corrected chi connectivity index (χ4v) is 2.99. The topological polar surface area (TPSA) is 12.0 Å². The molecule has 3 aromatic carbocycles. The van der Waals surface area contributed by atoms with Crippen molar-refractivity contribution in [2.24, 2.45) is 0 Å². The van der Waals surface area contributed by atoms with E-state index in [1.54, 1.807) is 0 Å². The Bertz CT molecular complexity index is 831. The van der Waals surface area contributed by atoms with Crippen LogP contribution in [-0.2, 0) is 6.42 Å². The minimum absolute atomic E-state index is 0.975. The molecule has 1 aliphatic rings. The van der Waals surface area contributed by atoms with Crippen LogP contribution in [0.15, 0.2) is 78.9 Å². The number of para-hydroxylation sites is 1. The minimum Gasteiger partial charge on any atom is -0.355 e. The Morgan fingerprint density at radius 2 is 1.29 bits per heavy atom. The third-order valence-electron chi connectivity index (χ3n) is 4.10. The van der Waals surface area contributed by atoms with Crippen molar-refractivity contribution in [1.29, 1.82) is 0 Å². The zero-order valence-corrected chi connectivity index (χ0v) is 14.3. The predicted molar refractivity (Wildman–Crippen MR) is 105 cm³/mol. The second-order valence-corrected chi connectivity index (χ2v) is 5.58. The first-order chi connectivity index (χ1) is 11.9. The first-order valence-corrected chi connectivity index (χ1v) is 8.60. The van der Waals surface area contributed by atoms with Gasteiger partial charge in [-0.25, -0.2) is 0 Å². The molecular weight excluding hydrogens is 290 g/mol. The standard InChI is InChI=1S/C21H17N.C2H6/c1-2-11-19(12-3-1)22-21-15-17-9-5-4-8-16(17)14-18-10-6-7-13-20(18)21;1-2/h1-13,15,22H,14H2;1-2H3. The van der Waals surface area contributed by atoms with Crippen molar-refractivity contribution in [2.45, 2.75) is 20.3 Å². The summed E-state index contributed by atoms with van der Waals surface area (Å²) in [6, 6.07) is 27.6. The maximum Gasteiger partial charge on any atom is 0.0466 e. The van der Waals surface area contributed by atoms with Gasteiger partial charge in [-0.1, -0.05) is 80.6 Å². The molecule has 0 radical (unpaired) electrons. The number of hydrogen-bond donors (Lipinski definition) is 1. The van der Waals surface area contributed by atoms with E-state index in [2.05, 4.69) is 84.2 Å². The van der Waals surface area contributed by atoms with E-state index in [1.165, 1.54) is 22.3 Å². The molecule has 0 unspecified atom stereocenters. The van der Waals surface area contributed by atoms with Crippen LogP contribution >= 0.6 is 0 Å². The van der Waals surface area contributed by atoms with Crippen LogP contribution in [0.2, 0.25) is 0 Å². The molecule has 0 aliphatic heterocycles. The molecule has 1 N–H and O–H groups in total. The van der Waals surface area contributed by atoms with E-state index in [9.17, 15) is 0 Å². The highest BCUT2D eigenvalue weighted by atomic mass is 14.9. The summed E-state index contributed by atoms with van der Waals surface area (Å²) in [5, 5.41) is 3.58. The highest BCUT2D eigenvalue weighted by Crippen LogP contribution is 2.30. The van der Waals surface area contributed by atoms with Gasteiger partial charge in [0.15, 0.2) is 0 Å². The van der Waals surface area contributed by atoms with Crippen LogP contribution in [0.3, 0.4) is 0 Å². The summed E-state index contributed by atoms with van der Waals surface area (Å²) in [6.45, 7) is 4.00. The van der Waals surface area contributed by atoms with Crippen molar-refractivity contribution >= 4 is 17.5 Å². The van der Waals surface area contributed by atoms with Crippen LogP contribution in [0.1, 0.15) is 36.1 Å². The van der Waals surface area contributed by atoms with Gasteiger partial charge in [-0.05, 0) is 41.3 Å². The molecule has 0 fully saturated rings. The van der Waals surface area contributed by atoms with Gasteiger partial charge in [0.05, 0.1) is 0 Å². The van der Waals surface area contributed by atoms with E-state index >= 15 is 0 Å². The fourth-order valence-electron chi connectivity index (χ4n) is 2.99. The number of anilines is 1. The first kappa shape index (κ1) is 16.1. The van der Waals surface area contributed by atoms with Gasteiger partial charge in [0, 0.05) is 16.9 Å². The summed E-state index contributed by atoms with van der Waals surface area (Å²) in [5.41, 5.74) is 7.58. The normalized spacial score (nSPS) is 11.8. The van der Waals surface area contributed by atoms with Crippen molar-refractivity contribution < 1.29 is 0 Å². The van der Waals surface area contributed by atoms with E-state index in [-0.39, 0.29) is 0 Å². The van der Waals surface area contributed by atoms with E-state index in [4.69, 9.17) is 0 Å². The second-order valence-electron chi connectivity index (χ2n) is 5.58. The quantitative estimate of drug-likeness (QED) is 0.591. The van der Waals surface area contributed by atoms with Gasteiger partial charge in [0.25, 0.3) is 0 Å². The Labute approximate surface area is 144 Å². The van der Waals surface area contributed by atoms with E-state index in [0.717, 1.165) is 17.8 Å². The van der Waals surface area contributed by atoms with Gasteiger partial charge in [0.1, 0.15) is 0 Å². The summed E-state index contributed by atoms with van der Waals surface area (Å²) < 4.78 is 0. The van der Waals surface area contributed by atoms with Crippen LogP contribution in [0, 0.1) is 0 Å². The second kappa shape index (κ2) is 7.65. The minimum atomic E-state index is 0.975. The van der Waals surface area contributed by atoms with Gasteiger partial charge in [0.2, 0.25) is 0 Å². The molecule has 120 valence electrons. The largest absolute Gasteiger partial charge is 0.355 e. The molecule has 0 spiro atoms. The molecule has 0 amide bonds. The summed E-state index contributed by atoms with van der Waals surface area (Å²) in [6.07, 6.45) is 3.23. The molecule has 24 heavy (non-hydrogen) atoms. The lowest BCUT2D eigenvalue weighted by Crippen LogP contribution is -2.00. The number of nitrogens with one attached hydrogen (secondary N) is 1. The molecule has 1 heteroatoms. The first-order valence-electron chi connectivity index (χ1n) is 8.60. The van der Waals surface area contributed by atoms with Gasteiger partial charge in [-0.2, -0.15) is 0 Å². The van der Waals surface area contributed by atoms with Crippen molar-refractivity contribution in [3.8, 4) is 0 Å². The molecular formula is C23H23N. The van der Waals surface area contributed by atoms with Gasteiger partial charge in [-0.3, -0.25) is 0 Å². The third kappa shape index (κ3) is 3.41. The molecule has 0 bridgehead atoms. The highest BCUT2D eigenvalue weighted by molar-refractivity contribution is 5.91. The number of hydrogen-bond acceptors (Lipinski definition) is 1. The molecule has 0 aromatic heterocycles. The Morgan fingerprint density at radius 3 is 2.08 bits per heavy atom. The van der Waals surface area contributed by atoms with Crippen LogP contribution in [0.5, 0.6) is 0 Å². The number of rotatable bonds is 2. The molecule has 0 saturated carbocycles. The number of fused-ring (bicyclic) bond motifs is 2. The summed E-state index contributed by atoms with van der Waals surface area (Å²) >= 11 is 0. The van der Waals surface area contributed by atoms with Crippen molar-refractivity contribution in [1.82, 2.24) is 0 Å². The molecule has 0 atom stereocenters. The van der Waals surface area contributed by atoms with E-state index < -0.39 is 0 Å². The molecule has 0 saturated heterocycles. The van der Waals surface area contributed by atoms with Crippen molar-refractivity contribution in [3.05, 3.63) is 101 Å². The maximum absolute atomic E-state index is 3.58. The van der Waals surface area contributed by atoms with Crippen LogP contribution < -0.4 is 5.32 Å².